The Morgan fingerprint density at radius 1 is 0.271 bits per heavy atom. The molecular formula is C42H64O6. The van der Waals surface area contributed by atoms with Gasteiger partial charge in [0.2, 0.25) is 0 Å². The Hall–Kier alpha value is -3.54. The van der Waals surface area contributed by atoms with Crippen molar-refractivity contribution in [2.45, 2.75) is 157 Å². The average molecular weight is 665 g/mol. The summed E-state index contributed by atoms with van der Waals surface area (Å²) in [6.45, 7) is 36.1. The number of aromatic hydroxyl groups is 6. The molecule has 0 bridgehead atoms. The van der Waals surface area contributed by atoms with Gasteiger partial charge in [0.15, 0.2) is 0 Å². The van der Waals surface area contributed by atoms with Gasteiger partial charge in [-0.15, -0.1) is 0 Å². The van der Waals surface area contributed by atoms with Crippen molar-refractivity contribution in [2.24, 2.45) is 0 Å². The molecule has 3 aromatic carbocycles. The van der Waals surface area contributed by atoms with E-state index in [4.69, 9.17) is 0 Å². The standard InChI is InChI=1S/C28H42O4.C14H22O2/c1-25(2,3)15-13-16(26(4,5)6)22(30)19(21(15)29)20-23(31)17(27(7,8)9)14-18(24(20)32)28(10,11)12;1-13(2,3)9-7-10(14(4,5)6)12(16)8-11(9)15/h13-14,29-32H,1-12H3;7-8,15-16H,1-6H3. The summed E-state index contributed by atoms with van der Waals surface area (Å²) in [5.74, 6) is -0.172. The fraction of sp³-hybridized carbons (Fsp3) is 0.571. The second-order valence-electron chi connectivity index (χ2n) is 19.5. The number of phenols is 6. The molecule has 0 aliphatic carbocycles. The van der Waals surface area contributed by atoms with Crippen LogP contribution in [-0.2, 0) is 32.5 Å². The summed E-state index contributed by atoms with van der Waals surface area (Å²) in [4.78, 5) is 0. The monoisotopic (exact) mass is 664 g/mol. The molecule has 48 heavy (non-hydrogen) atoms. The Labute approximate surface area is 290 Å². The molecular weight excluding hydrogens is 600 g/mol. The molecule has 6 N–H and O–H groups in total. The lowest BCUT2D eigenvalue weighted by molar-refractivity contribution is 0.407. The third-order valence-corrected chi connectivity index (χ3v) is 8.76. The molecule has 0 fully saturated rings. The van der Waals surface area contributed by atoms with E-state index in [2.05, 4.69) is 0 Å². The van der Waals surface area contributed by atoms with Gasteiger partial charge in [-0.1, -0.05) is 125 Å². The third-order valence-electron chi connectivity index (χ3n) is 8.76. The molecule has 0 aliphatic heterocycles. The fourth-order valence-electron chi connectivity index (χ4n) is 5.86. The van der Waals surface area contributed by atoms with E-state index in [1.54, 1.807) is 0 Å². The summed E-state index contributed by atoms with van der Waals surface area (Å²) >= 11 is 0. The summed E-state index contributed by atoms with van der Waals surface area (Å²) in [6, 6.07) is 7.02. The van der Waals surface area contributed by atoms with E-state index in [1.807, 2.05) is 143 Å². The minimum Gasteiger partial charge on any atom is -0.508 e. The molecule has 0 saturated carbocycles. The molecule has 0 spiro atoms. The molecule has 0 radical (unpaired) electrons. The van der Waals surface area contributed by atoms with Crippen molar-refractivity contribution in [2.75, 3.05) is 0 Å². The van der Waals surface area contributed by atoms with Crippen LogP contribution >= 0.6 is 0 Å². The van der Waals surface area contributed by atoms with E-state index in [0.717, 1.165) is 11.1 Å². The first-order chi connectivity index (χ1) is 21.1. The Kier molecular flexibility index (Phi) is 10.8. The van der Waals surface area contributed by atoms with Gasteiger partial charge < -0.3 is 30.6 Å². The van der Waals surface area contributed by atoms with Crippen LogP contribution in [0.4, 0.5) is 0 Å². The lowest BCUT2D eigenvalue weighted by atomic mass is 9.74. The number of hydrogen-bond donors (Lipinski definition) is 6. The molecule has 3 aromatic rings. The molecule has 0 unspecified atom stereocenters. The zero-order chi connectivity index (χ0) is 37.9. The molecule has 268 valence electrons. The highest BCUT2D eigenvalue weighted by molar-refractivity contribution is 5.89. The molecule has 0 saturated heterocycles. The van der Waals surface area contributed by atoms with Gasteiger partial charge in [0.25, 0.3) is 0 Å². The number of hydrogen-bond acceptors (Lipinski definition) is 6. The van der Waals surface area contributed by atoms with Crippen LogP contribution in [0, 0.1) is 0 Å². The molecule has 0 aliphatic rings. The maximum absolute atomic E-state index is 11.4. The minimum atomic E-state index is -0.424. The predicted octanol–water partition coefficient (Wildman–Crippen LogP) is 11.1. The van der Waals surface area contributed by atoms with E-state index in [1.165, 1.54) is 6.07 Å². The SMILES string of the molecule is CC(C)(C)c1cc(C(C)(C)C)c(O)c(-c2c(O)c(C(C)(C)C)cc(C(C)(C)C)c2O)c1O.CC(C)(C)c1cc(C(C)(C)C)c(O)cc1O. The van der Waals surface area contributed by atoms with E-state index < -0.39 is 21.7 Å². The molecule has 0 amide bonds. The minimum absolute atomic E-state index is 0.0777. The number of phenolic OH excluding ortho intramolecular Hbond substituents is 6. The van der Waals surface area contributed by atoms with E-state index in [9.17, 15) is 30.6 Å². The van der Waals surface area contributed by atoms with Crippen molar-refractivity contribution >= 4 is 0 Å². The van der Waals surface area contributed by atoms with Crippen LogP contribution in [0.15, 0.2) is 24.3 Å². The highest BCUT2D eigenvalue weighted by Crippen LogP contribution is 2.56. The quantitative estimate of drug-likeness (QED) is 0.154. The van der Waals surface area contributed by atoms with Crippen LogP contribution in [0.2, 0.25) is 0 Å². The lowest BCUT2D eigenvalue weighted by Gasteiger charge is -2.32. The highest BCUT2D eigenvalue weighted by atomic mass is 16.3. The molecule has 6 heteroatoms. The number of rotatable bonds is 1. The zero-order valence-corrected chi connectivity index (χ0v) is 33.0. The molecule has 0 heterocycles. The summed E-state index contributed by atoms with van der Waals surface area (Å²) in [6.07, 6.45) is 0. The predicted molar refractivity (Wildman–Crippen MR) is 201 cm³/mol. The van der Waals surface area contributed by atoms with Crippen molar-refractivity contribution in [3.8, 4) is 45.6 Å². The van der Waals surface area contributed by atoms with E-state index in [-0.39, 0.29) is 56.5 Å². The van der Waals surface area contributed by atoms with Crippen LogP contribution in [-0.4, -0.2) is 30.6 Å². The first kappa shape index (κ1) is 40.6. The summed E-state index contributed by atoms with van der Waals surface area (Å²) < 4.78 is 0. The topological polar surface area (TPSA) is 121 Å². The fourth-order valence-corrected chi connectivity index (χ4v) is 5.86. The van der Waals surface area contributed by atoms with Crippen LogP contribution in [0.25, 0.3) is 11.1 Å². The largest absolute Gasteiger partial charge is 0.508 e. The van der Waals surface area contributed by atoms with Crippen LogP contribution in [0.1, 0.15) is 158 Å². The van der Waals surface area contributed by atoms with E-state index in [0.29, 0.717) is 22.3 Å². The Bertz CT molecular complexity index is 1460. The van der Waals surface area contributed by atoms with Crippen molar-refractivity contribution in [3.05, 3.63) is 57.6 Å². The van der Waals surface area contributed by atoms with Gasteiger partial charge in [0.1, 0.15) is 34.5 Å². The molecule has 0 atom stereocenters. The lowest BCUT2D eigenvalue weighted by Crippen LogP contribution is -2.19. The van der Waals surface area contributed by atoms with Gasteiger partial charge in [-0.05, 0) is 61.8 Å². The maximum atomic E-state index is 11.4. The van der Waals surface area contributed by atoms with Crippen molar-refractivity contribution in [1.29, 1.82) is 0 Å². The second kappa shape index (κ2) is 12.7. The maximum Gasteiger partial charge on any atom is 0.131 e. The van der Waals surface area contributed by atoms with Gasteiger partial charge in [-0.25, -0.2) is 0 Å². The van der Waals surface area contributed by atoms with Crippen LogP contribution in [0.3, 0.4) is 0 Å². The first-order valence-electron chi connectivity index (χ1n) is 16.9. The Morgan fingerprint density at radius 3 is 0.604 bits per heavy atom. The van der Waals surface area contributed by atoms with Gasteiger partial charge in [-0.3, -0.25) is 0 Å². The first-order valence-corrected chi connectivity index (χ1v) is 16.9. The molecule has 3 rings (SSSR count). The zero-order valence-electron chi connectivity index (χ0n) is 33.0. The van der Waals surface area contributed by atoms with Crippen molar-refractivity contribution < 1.29 is 30.6 Å². The smallest absolute Gasteiger partial charge is 0.131 e. The second-order valence-corrected chi connectivity index (χ2v) is 19.5. The molecule has 6 nitrogen and oxygen atoms in total. The van der Waals surface area contributed by atoms with Gasteiger partial charge in [-0.2, -0.15) is 0 Å². The normalized spacial score (nSPS) is 13.3. The summed E-state index contributed by atoms with van der Waals surface area (Å²) in [5, 5.41) is 65.3. The third kappa shape index (κ3) is 8.54. The summed E-state index contributed by atoms with van der Waals surface area (Å²) in [7, 11) is 0. The number of benzene rings is 3. The van der Waals surface area contributed by atoms with Gasteiger partial charge in [0.05, 0.1) is 11.1 Å². The van der Waals surface area contributed by atoms with Gasteiger partial charge >= 0.3 is 0 Å². The summed E-state index contributed by atoms with van der Waals surface area (Å²) in [5.41, 5.74) is 2.53. The van der Waals surface area contributed by atoms with Crippen molar-refractivity contribution in [1.82, 2.24) is 0 Å². The van der Waals surface area contributed by atoms with Crippen LogP contribution in [0.5, 0.6) is 34.5 Å². The van der Waals surface area contributed by atoms with Gasteiger partial charge in [0, 0.05) is 28.3 Å². The average Bonchev–Trinajstić information content (AvgIpc) is 2.81. The highest BCUT2D eigenvalue weighted by Gasteiger charge is 2.36. The Balaban J connectivity index is 0.000000419. The van der Waals surface area contributed by atoms with Crippen molar-refractivity contribution in [3.63, 3.8) is 0 Å². The molecule has 0 aromatic heterocycles. The Morgan fingerprint density at radius 2 is 0.438 bits per heavy atom. The van der Waals surface area contributed by atoms with Crippen LogP contribution < -0.4 is 0 Å². The van der Waals surface area contributed by atoms with E-state index >= 15 is 0 Å².